The Balaban J connectivity index is 2.37. The Labute approximate surface area is 121 Å². The molecule has 18 heavy (non-hydrogen) atoms. The zero-order valence-corrected chi connectivity index (χ0v) is 12.7. The second-order valence-corrected chi connectivity index (χ2v) is 7.69. The maximum Gasteiger partial charge on any atom is 0.260 e. The summed E-state index contributed by atoms with van der Waals surface area (Å²) in [6, 6.07) is 9.07. The molecule has 1 fully saturated rings. The van der Waals surface area contributed by atoms with Gasteiger partial charge in [0, 0.05) is 13.5 Å². The van der Waals surface area contributed by atoms with Crippen LogP contribution in [0.15, 0.2) is 30.3 Å². The first-order chi connectivity index (χ1) is 8.30. The summed E-state index contributed by atoms with van der Waals surface area (Å²) < 4.78 is -1.53. The number of rotatable bonds is 2. The number of benzene rings is 1. The summed E-state index contributed by atoms with van der Waals surface area (Å²) in [5.41, 5.74) is -1.04. The highest BCUT2D eigenvalue weighted by Gasteiger charge is 2.63. The monoisotopic (exact) mass is 375 g/mol. The standard InChI is InChI=1S/C12H11Br2NO3/c1-15-10(17)12(13,14)9(16)11(15,18)7-8-5-3-2-4-6-8/h2-6,18H,7H2,1H3. The van der Waals surface area contributed by atoms with Gasteiger partial charge in [-0.25, -0.2) is 0 Å². The van der Waals surface area contributed by atoms with E-state index in [-0.39, 0.29) is 6.42 Å². The number of Topliss-reactive ketones (excluding diaryl/α,β-unsaturated/α-hetero) is 1. The molecule has 0 saturated carbocycles. The number of hydrogen-bond donors (Lipinski definition) is 1. The second-order valence-electron chi connectivity index (χ2n) is 4.25. The average molecular weight is 377 g/mol. The van der Waals surface area contributed by atoms with Crippen LogP contribution in [-0.4, -0.2) is 37.7 Å². The van der Waals surface area contributed by atoms with Crippen LogP contribution in [0.2, 0.25) is 0 Å². The number of carbonyl (C=O) groups is 2. The third-order valence-electron chi connectivity index (χ3n) is 3.07. The molecule has 0 aromatic heterocycles. The van der Waals surface area contributed by atoms with Gasteiger partial charge in [-0.15, -0.1) is 0 Å². The maximum atomic E-state index is 12.2. The van der Waals surface area contributed by atoms with Crippen molar-refractivity contribution in [2.45, 2.75) is 15.4 Å². The zero-order chi connectivity index (χ0) is 13.6. The van der Waals surface area contributed by atoms with Gasteiger partial charge in [-0.3, -0.25) is 9.59 Å². The Kier molecular flexibility index (Phi) is 3.38. The van der Waals surface area contributed by atoms with Crippen LogP contribution in [0.3, 0.4) is 0 Å². The fourth-order valence-electron chi connectivity index (χ4n) is 1.96. The minimum Gasteiger partial charge on any atom is -0.364 e. The lowest BCUT2D eigenvalue weighted by Gasteiger charge is -2.28. The number of hydrogen-bond acceptors (Lipinski definition) is 3. The molecule has 1 atom stereocenters. The van der Waals surface area contributed by atoms with Gasteiger partial charge in [0.2, 0.25) is 14.7 Å². The first kappa shape index (κ1) is 13.7. The summed E-state index contributed by atoms with van der Waals surface area (Å²) in [6.45, 7) is 0. The van der Waals surface area contributed by atoms with Crippen molar-refractivity contribution in [3.8, 4) is 0 Å². The summed E-state index contributed by atoms with van der Waals surface area (Å²) >= 11 is 6.04. The van der Waals surface area contributed by atoms with Crippen LogP contribution in [0.4, 0.5) is 0 Å². The predicted molar refractivity (Wildman–Crippen MR) is 73.5 cm³/mol. The maximum absolute atomic E-state index is 12.2. The minimum absolute atomic E-state index is 0.0634. The van der Waals surface area contributed by atoms with E-state index in [4.69, 9.17) is 0 Å². The van der Waals surface area contributed by atoms with Crippen molar-refractivity contribution >= 4 is 43.6 Å². The van der Waals surface area contributed by atoms with Gasteiger partial charge in [-0.1, -0.05) is 62.2 Å². The molecule has 1 N–H and O–H groups in total. The van der Waals surface area contributed by atoms with E-state index >= 15 is 0 Å². The van der Waals surface area contributed by atoms with E-state index < -0.39 is 20.6 Å². The van der Waals surface area contributed by atoms with Crippen LogP contribution in [-0.2, 0) is 16.0 Å². The predicted octanol–water partition coefficient (Wildman–Crippen LogP) is 1.44. The Morgan fingerprint density at radius 1 is 1.22 bits per heavy atom. The molecule has 1 unspecified atom stereocenters. The van der Waals surface area contributed by atoms with E-state index in [0.29, 0.717) is 0 Å². The highest BCUT2D eigenvalue weighted by Crippen LogP contribution is 2.42. The Bertz CT molecular complexity index is 503. The number of amides is 1. The van der Waals surface area contributed by atoms with Crippen LogP contribution in [0.1, 0.15) is 5.56 Å². The number of carbonyl (C=O) groups excluding carboxylic acids is 2. The lowest BCUT2D eigenvalue weighted by atomic mass is 9.99. The second kappa shape index (κ2) is 4.43. The van der Waals surface area contributed by atoms with E-state index in [1.54, 1.807) is 12.1 Å². The van der Waals surface area contributed by atoms with E-state index in [0.717, 1.165) is 10.5 Å². The average Bonchev–Trinajstić information content (AvgIpc) is 2.45. The van der Waals surface area contributed by atoms with Crippen molar-refractivity contribution in [1.29, 1.82) is 0 Å². The van der Waals surface area contributed by atoms with Gasteiger partial charge in [0.1, 0.15) is 0 Å². The van der Waals surface area contributed by atoms with Crippen molar-refractivity contribution in [2.24, 2.45) is 0 Å². The van der Waals surface area contributed by atoms with Gasteiger partial charge >= 0.3 is 0 Å². The van der Waals surface area contributed by atoms with Gasteiger partial charge in [0.25, 0.3) is 5.91 Å². The van der Waals surface area contributed by atoms with Crippen molar-refractivity contribution in [1.82, 2.24) is 4.90 Å². The summed E-state index contributed by atoms with van der Waals surface area (Å²) in [7, 11) is 1.41. The van der Waals surface area contributed by atoms with Crippen LogP contribution in [0.25, 0.3) is 0 Å². The number of nitrogens with zero attached hydrogens (tertiary/aromatic N) is 1. The molecular weight excluding hydrogens is 366 g/mol. The van der Waals surface area contributed by atoms with Crippen LogP contribution < -0.4 is 0 Å². The summed E-state index contributed by atoms with van der Waals surface area (Å²) in [5, 5.41) is 10.5. The minimum atomic E-state index is -1.83. The summed E-state index contributed by atoms with van der Waals surface area (Å²) in [6.07, 6.45) is 0.0634. The van der Waals surface area contributed by atoms with Gasteiger partial charge in [0.15, 0.2) is 0 Å². The molecule has 1 saturated heterocycles. The molecule has 1 aromatic carbocycles. The Hall–Kier alpha value is -0.720. The lowest BCUT2D eigenvalue weighted by Crippen LogP contribution is -2.49. The van der Waals surface area contributed by atoms with E-state index in [2.05, 4.69) is 31.9 Å². The molecule has 0 spiro atoms. The first-order valence-corrected chi connectivity index (χ1v) is 6.86. The summed E-state index contributed by atoms with van der Waals surface area (Å²) in [4.78, 5) is 25.1. The number of ketones is 1. The smallest absolute Gasteiger partial charge is 0.260 e. The Morgan fingerprint density at radius 2 is 1.78 bits per heavy atom. The van der Waals surface area contributed by atoms with Crippen LogP contribution in [0.5, 0.6) is 0 Å². The van der Waals surface area contributed by atoms with Crippen molar-refractivity contribution < 1.29 is 14.7 Å². The lowest BCUT2D eigenvalue weighted by molar-refractivity contribution is -0.153. The molecule has 0 radical (unpaired) electrons. The zero-order valence-electron chi connectivity index (χ0n) is 9.56. The molecule has 1 amide bonds. The van der Waals surface area contributed by atoms with Gasteiger partial charge < -0.3 is 10.0 Å². The quantitative estimate of drug-likeness (QED) is 0.627. The third kappa shape index (κ3) is 1.92. The van der Waals surface area contributed by atoms with Gasteiger partial charge in [-0.2, -0.15) is 0 Å². The van der Waals surface area contributed by atoms with Gasteiger partial charge in [-0.05, 0) is 5.56 Å². The van der Waals surface area contributed by atoms with E-state index in [1.807, 2.05) is 18.2 Å². The topological polar surface area (TPSA) is 57.6 Å². The third-order valence-corrected chi connectivity index (χ3v) is 4.47. The molecule has 1 aromatic rings. The number of likely N-dealkylation sites (tertiary alicyclic amines) is 1. The highest BCUT2D eigenvalue weighted by molar-refractivity contribution is 9.26. The molecule has 96 valence electrons. The van der Waals surface area contributed by atoms with Crippen LogP contribution >= 0.6 is 31.9 Å². The number of likely N-dealkylation sites (N-methyl/N-ethyl adjacent to an activating group) is 1. The van der Waals surface area contributed by atoms with Crippen molar-refractivity contribution in [2.75, 3.05) is 7.05 Å². The SMILES string of the molecule is CN1C(=O)C(Br)(Br)C(=O)C1(O)Cc1ccccc1. The van der Waals surface area contributed by atoms with Crippen LogP contribution in [0, 0.1) is 0 Å². The normalized spacial score (nSPS) is 26.8. The van der Waals surface area contributed by atoms with Gasteiger partial charge in [0.05, 0.1) is 0 Å². The number of aliphatic hydroxyl groups is 1. The van der Waals surface area contributed by atoms with Crippen molar-refractivity contribution in [3.05, 3.63) is 35.9 Å². The molecule has 1 heterocycles. The number of halogens is 2. The molecule has 1 aliphatic heterocycles. The summed E-state index contributed by atoms with van der Waals surface area (Å²) in [5.74, 6) is -1.11. The molecule has 0 bridgehead atoms. The fraction of sp³-hybridized carbons (Fsp3) is 0.333. The van der Waals surface area contributed by atoms with E-state index in [9.17, 15) is 14.7 Å². The molecule has 4 nitrogen and oxygen atoms in total. The molecule has 6 heteroatoms. The Morgan fingerprint density at radius 3 is 2.22 bits per heavy atom. The first-order valence-electron chi connectivity index (χ1n) is 5.27. The molecule has 2 rings (SSSR count). The van der Waals surface area contributed by atoms with Crippen molar-refractivity contribution in [3.63, 3.8) is 0 Å². The molecular formula is C12H11Br2NO3. The largest absolute Gasteiger partial charge is 0.364 e. The fourth-order valence-corrected chi connectivity index (χ4v) is 3.13. The highest BCUT2D eigenvalue weighted by atomic mass is 79.9. The number of alkyl halides is 2. The molecule has 0 aliphatic carbocycles. The molecule has 1 aliphatic rings. The van der Waals surface area contributed by atoms with E-state index in [1.165, 1.54) is 7.05 Å².